The highest BCUT2D eigenvalue weighted by atomic mass is 32.2. The number of nitrogens with one attached hydrogen (secondary N) is 1. The number of nitrogens with zero attached hydrogens (tertiary/aromatic N) is 1. The maximum absolute atomic E-state index is 12.2. The number of amides is 1. The van der Waals surface area contributed by atoms with Gasteiger partial charge in [-0.2, -0.15) is 0 Å². The molecule has 0 aliphatic carbocycles. The van der Waals surface area contributed by atoms with Crippen LogP contribution in [0.2, 0.25) is 0 Å². The van der Waals surface area contributed by atoms with Gasteiger partial charge in [0.1, 0.15) is 0 Å². The number of carbonyl (C=O) groups excluding carboxylic acids is 1. The van der Waals surface area contributed by atoms with Gasteiger partial charge in [0.15, 0.2) is 9.84 Å². The monoisotopic (exact) mass is 272 g/mol. The fraction of sp³-hybridized carbons (Fsp3) is 0.917. The molecule has 0 spiro atoms. The van der Waals surface area contributed by atoms with E-state index < -0.39 is 9.84 Å². The number of fused-ring (bicyclic) bond motifs is 1. The van der Waals surface area contributed by atoms with Crippen molar-refractivity contribution in [2.24, 2.45) is 17.8 Å². The van der Waals surface area contributed by atoms with Crippen LogP contribution in [0, 0.1) is 17.8 Å². The van der Waals surface area contributed by atoms with E-state index in [1.54, 1.807) is 0 Å². The summed E-state index contributed by atoms with van der Waals surface area (Å²) in [4.78, 5) is 14.1. The predicted octanol–water partition coefficient (Wildman–Crippen LogP) is -0.511. The Balaban J connectivity index is 1.54. The van der Waals surface area contributed by atoms with Gasteiger partial charge in [0, 0.05) is 32.6 Å². The van der Waals surface area contributed by atoms with Crippen LogP contribution in [-0.2, 0) is 14.6 Å². The van der Waals surface area contributed by atoms with Gasteiger partial charge < -0.3 is 10.2 Å². The molecular formula is C12H20N2O3S. The molecular weight excluding hydrogens is 252 g/mol. The Hall–Kier alpha value is -0.620. The lowest BCUT2D eigenvalue weighted by Crippen LogP contribution is -2.33. The van der Waals surface area contributed by atoms with Crippen molar-refractivity contribution in [2.75, 3.05) is 37.7 Å². The van der Waals surface area contributed by atoms with Gasteiger partial charge in [0.05, 0.1) is 11.5 Å². The average molecular weight is 272 g/mol. The zero-order chi connectivity index (χ0) is 12.8. The molecule has 6 heteroatoms. The molecule has 102 valence electrons. The molecule has 0 aromatic heterocycles. The molecule has 3 fully saturated rings. The van der Waals surface area contributed by atoms with E-state index in [4.69, 9.17) is 0 Å². The Morgan fingerprint density at radius 1 is 1.22 bits per heavy atom. The molecule has 0 aromatic rings. The van der Waals surface area contributed by atoms with Gasteiger partial charge in [-0.25, -0.2) is 8.42 Å². The highest BCUT2D eigenvalue weighted by Crippen LogP contribution is 2.28. The topological polar surface area (TPSA) is 66.5 Å². The van der Waals surface area contributed by atoms with E-state index >= 15 is 0 Å². The summed E-state index contributed by atoms with van der Waals surface area (Å²) >= 11 is 0. The molecule has 3 rings (SSSR count). The Morgan fingerprint density at radius 2 is 1.89 bits per heavy atom. The largest absolute Gasteiger partial charge is 0.342 e. The minimum atomic E-state index is -2.86. The van der Waals surface area contributed by atoms with Crippen LogP contribution in [0.3, 0.4) is 0 Å². The molecule has 0 bridgehead atoms. The van der Waals surface area contributed by atoms with Gasteiger partial charge in [-0.05, 0) is 24.2 Å². The second-order valence-electron chi connectivity index (χ2n) is 5.95. The summed E-state index contributed by atoms with van der Waals surface area (Å²) < 4.78 is 22.7. The lowest BCUT2D eigenvalue weighted by atomic mass is 10.0. The third kappa shape index (κ3) is 2.40. The van der Waals surface area contributed by atoms with E-state index in [2.05, 4.69) is 5.32 Å². The third-order valence-electron chi connectivity index (χ3n) is 4.53. The molecule has 3 saturated heterocycles. The maximum Gasteiger partial charge on any atom is 0.222 e. The van der Waals surface area contributed by atoms with Crippen molar-refractivity contribution in [3.8, 4) is 0 Å². The summed E-state index contributed by atoms with van der Waals surface area (Å²) in [6, 6.07) is 0. The van der Waals surface area contributed by atoms with Gasteiger partial charge in [-0.1, -0.05) is 0 Å². The Labute approximate surface area is 108 Å². The minimum absolute atomic E-state index is 0.0565. The first-order valence-corrected chi connectivity index (χ1v) is 8.54. The van der Waals surface area contributed by atoms with Crippen LogP contribution in [0.4, 0.5) is 0 Å². The molecule has 0 radical (unpaired) electrons. The van der Waals surface area contributed by atoms with Gasteiger partial charge in [0.25, 0.3) is 0 Å². The van der Waals surface area contributed by atoms with E-state index in [1.165, 1.54) is 0 Å². The summed E-state index contributed by atoms with van der Waals surface area (Å²) in [7, 11) is -2.86. The smallest absolute Gasteiger partial charge is 0.222 e. The van der Waals surface area contributed by atoms with Crippen LogP contribution < -0.4 is 5.32 Å². The lowest BCUT2D eigenvalue weighted by molar-refractivity contribution is -0.131. The second-order valence-corrected chi connectivity index (χ2v) is 8.18. The zero-order valence-corrected chi connectivity index (χ0v) is 11.3. The van der Waals surface area contributed by atoms with Crippen molar-refractivity contribution < 1.29 is 13.2 Å². The third-order valence-corrected chi connectivity index (χ3v) is 6.37. The number of carbonyl (C=O) groups is 1. The number of rotatable bonds is 2. The standard InChI is InChI=1S/C12H20N2O3S/c15-12(3-9-1-2-18(16,17)8-9)14-6-10-4-13-5-11(10)7-14/h9-11,13H,1-8H2/t9?,10-,11+. The SMILES string of the molecule is O=C(CC1CCS(=O)(=O)C1)N1C[C@H]2CNC[C@H]2C1. The molecule has 3 aliphatic rings. The summed E-state index contributed by atoms with van der Waals surface area (Å²) in [5.41, 5.74) is 0. The Morgan fingerprint density at radius 3 is 2.44 bits per heavy atom. The molecule has 5 nitrogen and oxygen atoms in total. The molecule has 1 unspecified atom stereocenters. The fourth-order valence-electron chi connectivity index (χ4n) is 3.47. The van der Waals surface area contributed by atoms with Crippen molar-refractivity contribution >= 4 is 15.7 Å². The summed E-state index contributed by atoms with van der Waals surface area (Å²) in [6.07, 6.45) is 1.09. The number of sulfone groups is 1. The van der Waals surface area contributed by atoms with Crippen molar-refractivity contribution in [3.63, 3.8) is 0 Å². The van der Waals surface area contributed by atoms with Crippen LogP contribution in [0.15, 0.2) is 0 Å². The molecule has 3 heterocycles. The predicted molar refractivity (Wildman–Crippen MR) is 67.8 cm³/mol. The van der Waals surface area contributed by atoms with E-state index in [9.17, 15) is 13.2 Å². The minimum Gasteiger partial charge on any atom is -0.342 e. The van der Waals surface area contributed by atoms with Crippen molar-refractivity contribution in [2.45, 2.75) is 12.8 Å². The number of hydrogen-bond donors (Lipinski definition) is 1. The van der Waals surface area contributed by atoms with E-state index in [-0.39, 0.29) is 23.3 Å². The van der Waals surface area contributed by atoms with Crippen molar-refractivity contribution in [1.82, 2.24) is 10.2 Å². The summed E-state index contributed by atoms with van der Waals surface area (Å²) in [6.45, 7) is 3.75. The zero-order valence-electron chi connectivity index (χ0n) is 10.5. The highest BCUT2D eigenvalue weighted by Gasteiger charge is 2.39. The van der Waals surface area contributed by atoms with Crippen LogP contribution in [-0.4, -0.2) is 56.9 Å². The molecule has 0 aromatic carbocycles. The van der Waals surface area contributed by atoms with Gasteiger partial charge in [-0.3, -0.25) is 4.79 Å². The fourth-order valence-corrected chi connectivity index (χ4v) is 5.33. The Kier molecular flexibility index (Phi) is 3.10. The molecule has 3 atom stereocenters. The quantitative estimate of drug-likeness (QED) is 0.735. The second kappa shape index (κ2) is 4.49. The van der Waals surface area contributed by atoms with E-state index in [0.717, 1.165) is 26.2 Å². The summed E-state index contributed by atoms with van der Waals surface area (Å²) in [5, 5.41) is 3.35. The molecule has 1 N–H and O–H groups in total. The number of likely N-dealkylation sites (tertiary alicyclic amines) is 1. The molecule has 3 aliphatic heterocycles. The first-order chi connectivity index (χ1) is 8.53. The number of hydrogen-bond acceptors (Lipinski definition) is 4. The van der Waals surface area contributed by atoms with Crippen molar-refractivity contribution in [1.29, 1.82) is 0 Å². The molecule has 1 amide bonds. The molecule has 18 heavy (non-hydrogen) atoms. The Bertz CT molecular complexity index is 436. The van der Waals surface area contributed by atoms with Gasteiger partial charge in [0.2, 0.25) is 5.91 Å². The normalized spacial score (nSPS) is 38.0. The maximum atomic E-state index is 12.2. The van der Waals surface area contributed by atoms with Crippen LogP contribution >= 0.6 is 0 Å². The average Bonchev–Trinajstić information content (AvgIpc) is 2.91. The van der Waals surface area contributed by atoms with Crippen molar-refractivity contribution in [3.05, 3.63) is 0 Å². The van der Waals surface area contributed by atoms with E-state index in [0.29, 0.717) is 24.7 Å². The van der Waals surface area contributed by atoms with Crippen LogP contribution in [0.25, 0.3) is 0 Å². The van der Waals surface area contributed by atoms with Crippen LogP contribution in [0.5, 0.6) is 0 Å². The first-order valence-electron chi connectivity index (χ1n) is 6.72. The van der Waals surface area contributed by atoms with E-state index in [1.807, 2.05) is 4.90 Å². The molecule has 0 saturated carbocycles. The van der Waals surface area contributed by atoms with Gasteiger partial charge in [-0.15, -0.1) is 0 Å². The highest BCUT2D eigenvalue weighted by molar-refractivity contribution is 7.91. The van der Waals surface area contributed by atoms with Crippen LogP contribution in [0.1, 0.15) is 12.8 Å². The lowest BCUT2D eigenvalue weighted by Gasteiger charge is -2.19. The first kappa shape index (κ1) is 12.4. The summed E-state index contributed by atoms with van der Waals surface area (Å²) in [5.74, 6) is 1.91. The van der Waals surface area contributed by atoms with Gasteiger partial charge >= 0.3 is 0 Å².